The number of carbonyl (C=O) groups is 1. The van der Waals surface area contributed by atoms with E-state index in [2.05, 4.69) is 24.5 Å². The van der Waals surface area contributed by atoms with Crippen molar-refractivity contribution in [3.8, 4) is 17.2 Å². The van der Waals surface area contributed by atoms with Crippen molar-refractivity contribution in [2.45, 2.75) is 40.8 Å². The Kier molecular flexibility index (Phi) is 7.82. The Hall–Kier alpha value is -3.15. The van der Waals surface area contributed by atoms with Gasteiger partial charge in [-0.05, 0) is 50.1 Å². The summed E-state index contributed by atoms with van der Waals surface area (Å²) in [6.07, 6.45) is 0. The van der Waals surface area contributed by atoms with Crippen molar-refractivity contribution in [1.29, 1.82) is 0 Å². The van der Waals surface area contributed by atoms with Crippen molar-refractivity contribution in [3.05, 3.63) is 54.2 Å². The molecule has 0 bridgehead atoms. The van der Waals surface area contributed by atoms with Crippen molar-refractivity contribution < 1.29 is 23.7 Å². The summed E-state index contributed by atoms with van der Waals surface area (Å²) in [7, 11) is 0. The number of aromatic nitrogens is 1. The average Bonchev–Trinajstić information content (AvgIpc) is 3.08. The molecule has 0 unspecified atom stereocenters. The van der Waals surface area contributed by atoms with Gasteiger partial charge in [0.15, 0.2) is 6.61 Å². The lowest BCUT2D eigenvalue weighted by atomic mass is 10.2. The third-order valence-corrected chi connectivity index (χ3v) is 4.67. The Morgan fingerprint density at radius 3 is 2.35 bits per heavy atom. The molecule has 3 rings (SSSR count). The smallest absolute Gasteiger partial charge is 0.344 e. The average molecular weight is 426 g/mol. The minimum Gasteiger partial charge on any atom is -0.494 e. The number of fused-ring (bicyclic) bond motifs is 1. The largest absolute Gasteiger partial charge is 0.494 e. The number of nitrogens with zero attached hydrogens (tertiary/aromatic N) is 1. The van der Waals surface area contributed by atoms with Gasteiger partial charge in [-0.2, -0.15) is 0 Å². The molecule has 3 aromatic rings. The van der Waals surface area contributed by atoms with E-state index in [9.17, 15) is 4.79 Å². The lowest BCUT2D eigenvalue weighted by Crippen LogP contribution is -2.14. The quantitative estimate of drug-likeness (QED) is 0.394. The highest BCUT2D eigenvalue weighted by Gasteiger charge is 2.13. The first kappa shape index (κ1) is 22.5. The molecular formula is C25H31NO5. The second-order valence-corrected chi connectivity index (χ2v) is 7.65. The van der Waals surface area contributed by atoms with E-state index in [4.69, 9.17) is 18.9 Å². The molecule has 1 aromatic heterocycles. The van der Waals surface area contributed by atoms with Gasteiger partial charge >= 0.3 is 5.97 Å². The number of rotatable bonds is 11. The number of benzene rings is 2. The summed E-state index contributed by atoms with van der Waals surface area (Å²) in [6.45, 7) is 10.3. The molecule has 0 aliphatic heterocycles. The highest BCUT2D eigenvalue weighted by Crippen LogP contribution is 2.27. The molecule has 0 saturated carbocycles. The van der Waals surface area contributed by atoms with Crippen LogP contribution in [0, 0.1) is 5.92 Å². The van der Waals surface area contributed by atoms with Gasteiger partial charge in [0.25, 0.3) is 0 Å². The molecule has 31 heavy (non-hydrogen) atoms. The third-order valence-electron chi connectivity index (χ3n) is 4.67. The van der Waals surface area contributed by atoms with Crippen LogP contribution in [-0.2, 0) is 22.7 Å². The molecule has 0 atom stereocenters. The number of ether oxygens (including phenoxy) is 4. The zero-order chi connectivity index (χ0) is 22.2. The van der Waals surface area contributed by atoms with Crippen LogP contribution in [0.3, 0.4) is 0 Å². The van der Waals surface area contributed by atoms with Gasteiger partial charge in [-0.15, -0.1) is 0 Å². The first-order valence-corrected chi connectivity index (χ1v) is 10.8. The lowest BCUT2D eigenvalue weighted by Gasteiger charge is -2.15. The highest BCUT2D eigenvalue weighted by atomic mass is 16.6. The molecule has 0 aliphatic rings. The molecule has 0 N–H and O–H groups in total. The van der Waals surface area contributed by atoms with Gasteiger partial charge in [-0.3, -0.25) is 0 Å². The van der Waals surface area contributed by atoms with Gasteiger partial charge in [-0.1, -0.05) is 19.9 Å². The summed E-state index contributed by atoms with van der Waals surface area (Å²) in [5.74, 6) is 2.29. The predicted molar refractivity (Wildman–Crippen MR) is 121 cm³/mol. The zero-order valence-corrected chi connectivity index (χ0v) is 18.7. The van der Waals surface area contributed by atoms with Crippen LogP contribution in [0.2, 0.25) is 0 Å². The first-order valence-electron chi connectivity index (χ1n) is 10.8. The molecule has 6 nitrogen and oxygen atoms in total. The van der Waals surface area contributed by atoms with Gasteiger partial charge in [0.1, 0.15) is 23.9 Å². The maximum atomic E-state index is 11.6. The fourth-order valence-corrected chi connectivity index (χ4v) is 3.40. The summed E-state index contributed by atoms with van der Waals surface area (Å²) in [4.78, 5) is 11.6. The Morgan fingerprint density at radius 1 is 0.903 bits per heavy atom. The predicted octanol–water partition coefficient (Wildman–Crippen LogP) is 5.22. The SMILES string of the molecule is CCOC(=O)COc1ccc2cc(COc3cccc(OCC)c3)n(CC(C)C)c2c1. The van der Waals surface area contributed by atoms with Crippen LogP contribution in [0.1, 0.15) is 33.4 Å². The van der Waals surface area contributed by atoms with Crippen LogP contribution in [0.15, 0.2) is 48.5 Å². The molecule has 166 valence electrons. The maximum Gasteiger partial charge on any atom is 0.344 e. The monoisotopic (exact) mass is 425 g/mol. The Balaban J connectivity index is 1.81. The van der Waals surface area contributed by atoms with Gasteiger partial charge < -0.3 is 23.5 Å². The fraction of sp³-hybridized carbons (Fsp3) is 0.400. The summed E-state index contributed by atoms with van der Waals surface area (Å²) >= 11 is 0. The van der Waals surface area contributed by atoms with Crippen LogP contribution in [0.25, 0.3) is 10.9 Å². The van der Waals surface area contributed by atoms with E-state index in [1.807, 2.05) is 49.4 Å². The highest BCUT2D eigenvalue weighted by molar-refractivity contribution is 5.83. The topological polar surface area (TPSA) is 58.9 Å². The van der Waals surface area contributed by atoms with Crippen LogP contribution in [0.5, 0.6) is 17.2 Å². The van der Waals surface area contributed by atoms with Crippen LogP contribution < -0.4 is 14.2 Å². The molecule has 2 aromatic carbocycles. The van der Waals surface area contributed by atoms with Crippen LogP contribution in [0.4, 0.5) is 0 Å². The minimum atomic E-state index is -0.372. The van der Waals surface area contributed by atoms with Gasteiger partial charge in [0.05, 0.1) is 24.4 Å². The Morgan fingerprint density at radius 2 is 1.65 bits per heavy atom. The minimum absolute atomic E-state index is 0.101. The van der Waals surface area contributed by atoms with Crippen LogP contribution in [-0.4, -0.2) is 30.4 Å². The summed E-state index contributed by atoms with van der Waals surface area (Å²) in [5, 5.41) is 1.10. The molecule has 0 saturated heterocycles. The maximum absolute atomic E-state index is 11.6. The molecule has 0 radical (unpaired) electrons. The van der Waals surface area contributed by atoms with E-state index >= 15 is 0 Å². The number of hydrogen-bond acceptors (Lipinski definition) is 5. The van der Waals surface area contributed by atoms with E-state index < -0.39 is 0 Å². The van der Waals surface area contributed by atoms with Crippen molar-refractivity contribution in [2.75, 3.05) is 19.8 Å². The van der Waals surface area contributed by atoms with Crippen molar-refractivity contribution >= 4 is 16.9 Å². The van der Waals surface area contributed by atoms with E-state index in [0.717, 1.165) is 34.6 Å². The van der Waals surface area contributed by atoms with E-state index in [0.29, 0.717) is 31.5 Å². The second-order valence-electron chi connectivity index (χ2n) is 7.65. The van der Waals surface area contributed by atoms with Crippen molar-refractivity contribution in [1.82, 2.24) is 4.57 Å². The van der Waals surface area contributed by atoms with Gasteiger partial charge in [-0.25, -0.2) is 4.79 Å². The summed E-state index contributed by atoms with van der Waals surface area (Å²) in [5.41, 5.74) is 2.13. The fourth-order valence-electron chi connectivity index (χ4n) is 3.40. The summed E-state index contributed by atoms with van der Waals surface area (Å²) < 4.78 is 24.5. The number of esters is 1. The van der Waals surface area contributed by atoms with Crippen LogP contribution >= 0.6 is 0 Å². The van der Waals surface area contributed by atoms with Gasteiger partial charge in [0, 0.05) is 24.1 Å². The molecule has 6 heteroatoms. The molecule has 0 amide bonds. The molecule has 1 heterocycles. The molecular weight excluding hydrogens is 394 g/mol. The molecule has 0 fully saturated rings. The first-order chi connectivity index (χ1) is 15.0. The number of carbonyl (C=O) groups excluding carboxylic acids is 1. The Labute approximate surface area is 183 Å². The molecule has 0 spiro atoms. The third kappa shape index (κ3) is 6.17. The standard InChI is InChI=1S/C25H31NO5/c1-5-28-21-8-7-9-22(13-21)30-16-20-12-19-10-11-23(31-17-25(27)29-6-2)14-24(19)26(20)15-18(3)4/h7-14,18H,5-6,15-17H2,1-4H3. The normalized spacial score (nSPS) is 11.0. The second kappa shape index (κ2) is 10.8. The summed E-state index contributed by atoms with van der Waals surface area (Å²) in [6, 6.07) is 15.7. The zero-order valence-electron chi connectivity index (χ0n) is 18.7. The van der Waals surface area contributed by atoms with E-state index in [1.54, 1.807) is 6.92 Å². The van der Waals surface area contributed by atoms with E-state index in [1.165, 1.54) is 0 Å². The van der Waals surface area contributed by atoms with Crippen molar-refractivity contribution in [2.24, 2.45) is 5.92 Å². The van der Waals surface area contributed by atoms with Gasteiger partial charge in [0.2, 0.25) is 0 Å². The number of hydrogen-bond donors (Lipinski definition) is 0. The van der Waals surface area contributed by atoms with E-state index in [-0.39, 0.29) is 12.6 Å². The van der Waals surface area contributed by atoms with Crippen molar-refractivity contribution in [3.63, 3.8) is 0 Å². The molecule has 0 aliphatic carbocycles. The lowest BCUT2D eigenvalue weighted by molar-refractivity contribution is -0.145. The Bertz CT molecular complexity index is 1010.